The SMILES string of the molecule is C=C(N)c1ccc(NC(=C)C(C(C)=O)c2ccccc2)cc1. The van der Waals surface area contributed by atoms with Gasteiger partial charge in [-0.3, -0.25) is 4.79 Å². The van der Waals surface area contributed by atoms with E-state index in [4.69, 9.17) is 5.73 Å². The molecule has 0 bridgehead atoms. The summed E-state index contributed by atoms with van der Waals surface area (Å²) < 4.78 is 0. The summed E-state index contributed by atoms with van der Waals surface area (Å²) in [5, 5.41) is 3.20. The van der Waals surface area contributed by atoms with Crippen LogP contribution in [0.5, 0.6) is 0 Å². The van der Waals surface area contributed by atoms with Crippen molar-refractivity contribution in [2.45, 2.75) is 12.8 Å². The number of hydrogen-bond acceptors (Lipinski definition) is 3. The Kier molecular flexibility index (Phi) is 4.79. The molecule has 0 amide bonds. The smallest absolute Gasteiger partial charge is 0.143 e. The van der Waals surface area contributed by atoms with Crippen molar-refractivity contribution in [1.82, 2.24) is 0 Å². The number of benzene rings is 2. The highest BCUT2D eigenvalue weighted by Crippen LogP contribution is 2.26. The average Bonchev–Trinajstić information content (AvgIpc) is 2.48. The Morgan fingerprint density at radius 3 is 2.14 bits per heavy atom. The van der Waals surface area contributed by atoms with Crippen molar-refractivity contribution in [1.29, 1.82) is 0 Å². The first-order chi connectivity index (χ1) is 10.5. The average molecular weight is 292 g/mol. The molecule has 0 aliphatic carbocycles. The molecule has 3 heteroatoms. The Hall–Kier alpha value is -2.81. The molecule has 0 aliphatic heterocycles. The van der Waals surface area contributed by atoms with E-state index in [1.807, 2.05) is 54.6 Å². The van der Waals surface area contributed by atoms with Crippen LogP contribution in [0.2, 0.25) is 0 Å². The summed E-state index contributed by atoms with van der Waals surface area (Å²) in [4.78, 5) is 12.0. The summed E-state index contributed by atoms with van der Waals surface area (Å²) in [6, 6.07) is 17.2. The quantitative estimate of drug-likeness (QED) is 0.848. The largest absolute Gasteiger partial charge is 0.399 e. The third kappa shape index (κ3) is 3.64. The first-order valence-electron chi connectivity index (χ1n) is 7.05. The maximum absolute atomic E-state index is 12.0. The van der Waals surface area contributed by atoms with E-state index < -0.39 is 0 Å². The molecule has 1 unspecified atom stereocenters. The van der Waals surface area contributed by atoms with Gasteiger partial charge >= 0.3 is 0 Å². The molecule has 2 rings (SSSR count). The van der Waals surface area contributed by atoms with Gasteiger partial charge in [-0.1, -0.05) is 55.6 Å². The van der Waals surface area contributed by atoms with Crippen molar-refractivity contribution in [3.8, 4) is 0 Å². The second-order valence-electron chi connectivity index (χ2n) is 5.21. The van der Waals surface area contributed by atoms with Gasteiger partial charge in [-0.2, -0.15) is 0 Å². The summed E-state index contributed by atoms with van der Waals surface area (Å²) in [6.07, 6.45) is 0. The fraction of sp³-hybridized carbons (Fsp3) is 0.105. The highest BCUT2D eigenvalue weighted by Gasteiger charge is 2.20. The number of carbonyl (C=O) groups excluding carboxylic acids is 1. The van der Waals surface area contributed by atoms with E-state index in [2.05, 4.69) is 18.5 Å². The van der Waals surface area contributed by atoms with E-state index in [-0.39, 0.29) is 11.7 Å². The standard InChI is InChI=1S/C19H20N2O/c1-13(20)16-9-11-18(12-10-16)21-14(2)19(15(3)22)17-7-5-4-6-8-17/h4-12,19,21H,1-2,20H2,3H3. The van der Waals surface area contributed by atoms with Crippen LogP contribution in [0.3, 0.4) is 0 Å². The lowest BCUT2D eigenvalue weighted by atomic mass is 9.92. The second-order valence-corrected chi connectivity index (χ2v) is 5.21. The molecule has 1 atom stereocenters. The molecule has 0 fully saturated rings. The first-order valence-corrected chi connectivity index (χ1v) is 7.05. The van der Waals surface area contributed by atoms with Crippen LogP contribution < -0.4 is 11.1 Å². The minimum atomic E-state index is -0.370. The predicted molar refractivity (Wildman–Crippen MR) is 92.3 cm³/mol. The van der Waals surface area contributed by atoms with Crippen LogP contribution >= 0.6 is 0 Å². The van der Waals surface area contributed by atoms with Gasteiger partial charge in [0.2, 0.25) is 0 Å². The number of ketones is 1. The van der Waals surface area contributed by atoms with Gasteiger partial charge in [0.15, 0.2) is 0 Å². The third-order valence-electron chi connectivity index (χ3n) is 3.45. The molecule has 0 heterocycles. The zero-order chi connectivity index (χ0) is 16.1. The Balaban J connectivity index is 2.18. The number of nitrogens with two attached hydrogens (primary N) is 1. The van der Waals surface area contributed by atoms with Crippen molar-refractivity contribution in [2.75, 3.05) is 5.32 Å². The molecule has 0 radical (unpaired) electrons. The molecule has 0 saturated carbocycles. The maximum Gasteiger partial charge on any atom is 0.143 e. The van der Waals surface area contributed by atoms with Gasteiger partial charge in [0.25, 0.3) is 0 Å². The van der Waals surface area contributed by atoms with E-state index in [9.17, 15) is 4.79 Å². The Bertz CT molecular complexity index is 687. The topological polar surface area (TPSA) is 55.1 Å². The van der Waals surface area contributed by atoms with E-state index in [0.29, 0.717) is 11.4 Å². The van der Waals surface area contributed by atoms with E-state index in [1.54, 1.807) is 6.92 Å². The normalized spacial score (nSPS) is 11.5. The summed E-state index contributed by atoms with van der Waals surface area (Å²) in [5.41, 5.74) is 9.49. The second kappa shape index (κ2) is 6.76. The fourth-order valence-corrected chi connectivity index (χ4v) is 2.35. The van der Waals surface area contributed by atoms with Gasteiger partial charge in [0.1, 0.15) is 5.78 Å². The van der Waals surface area contributed by atoms with Crippen LogP contribution in [0.15, 0.2) is 73.5 Å². The van der Waals surface area contributed by atoms with Crippen LogP contribution in [0, 0.1) is 0 Å². The Morgan fingerprint density at radius 1 is 1.05 bits per heavy atom. The number of carbonyl (C=O) groups is 1. The number of nitrogens with one attached hydrogen (secondary N) is 1. The summed E-state index contributed by atoms with van der Waals surface area (Å²) in [5.74, 6) is -0.319. The van der Waals surface area contributed by atoms with E-state index in [1.165, 1.54) is 0 Å². The molecule has 0 spiro atoms. The molecular formula is C19H20N2O. The third-order valence-corrected chi connectivity index (χ3v) is 3.45. The van der Waals surface area contributed by atoms with Crippen molar-refractivity contribution >= 4 is 17.2 Å². The van der Waals surface area contributed by atoms with Gasteiger partial charge in [0.05, 0.1) is 5.92 Å². The molecule has 22 heavy (non-hydrogen) atoms. The van der Waals surface area contributed by atoms with Gasteiger partial charge < -0.3 is 11.1 Å². The monoisotopic (exact) mass is 292 g/mol. The molecule has 112 valence electrons. The van der Waals surface area contributed by atoms with Crippen LogP contribution in [0.25, 0.3) is 5.70 Å². The van der Waals surface area contributed by atoms with Gasteiger partial charge in [0, 0.05) is 17.1 Å². The first kappa shape index (κ1) is 15.6. The van der Waals surface area contributed by atoms with Gasteiger partial charge in [-0.15, -0.1) is 0 Å². The lowest BCUT2D eigenvalue weighted by Gasteiger charge is -2.19. The molecule has 2 aromatic carbocycles. The van der Waals surface area contributed by atoms with Crippen LogP contribution in [-0.2, 0) is 4.79 Å². The number of allylic oxidation sites excluding steroid dienone is 1. The lowest BCUT2D eigenvalue weighted by Crippen LogP contribution is -2.16. The molecule has 0 saturated heterocycles. The van der Waals surface area contributed by atoms with E-state index >= 15 is 0 Å². The highest BCUT2D eigenvalue weighted by molar-refractivity contribution is 5.87. The Labute approximate surface area is 131 Å². The number of hydrogen-bond donors (Lipinski definition) is 2. The van der Waals surface area contributed by atoms with Crippen molar-refractivity contribution in [3.63, 3.8) is 0 Å². The van der Waals surface area contributed by atoms with Crippen LogP contribution in [-0.4, -0.2) is 5.78 Å². The van der Waals surface area contributed by atoms with Crippen LogP contribution in [0.1, 0.15) is 24.0 Å². The molecule has 0 aliphatic rings. The van der Waals surface area contributed by atoms with Crippen molar-refractivity contribution < 1.29 is 4.79 Å². The summed E-state index contributed by atoms with van der Waals surface area (Å²) in [7, 11) is 0. The molecule has 2 aromatic rings. The lowest BCUT2D eigenvalue weighted by molar-refractivity contribution is -0.117. The Morgan fingerprint density at radius 2 is 1.64 bits per heavy atom. The molecule has 3 N–H and O–H groups in total. The molecule has 3 nitrogen and oxygen atoms in total. The van der Waals surface area contributed by atoms with Crippen molar-refractivity contribution in [2.24, 2.45) is 5.73 Å². The van der Waals surface area contributed by atoms with Gasteiger partial charge in [-0.25, -0.2) is 0 Å². The molecular weight excluding hydrogens is 272 g/mol. The number of rotatable bonds is 6. The summed E-state index contributed by atoms with van der Waals surface area (Å²) >= 11 is 0. The fourth-order valence-electron chi connectivity index (χ4n) is 2.35. The zero-order valence-corrected chi connectivity index (χ0v) is 12.7. The number of Topliss-reactive ketones (excluding diaryl/α,β-unsaturated/α-hetero) is 1. The van der Waals surface area contributed by atoms with Gasteiger partial charge in [-0.05, 0) is 30.2 Å². The molecule has 0 aromatic heterocycles. The maximum atomic E-state index is 12.0. The highest BCUT2D eigenvalue weighted by atomic mass is 16.1. The van der Waals surface area contributed by atoms with Crippen molar-refractivity contribution in [3.05, 3.63) is 84.6 Å². The minimum absolute atomic E-state index is 0.0515. The van der Waals surface area contributed by atoms with Crippen LogP contribution in [0.4, 0.5) is 5.69 Å². The number of anilines is 1. The minimum Gasteiger partial charge on any atom is -0.399 e. The van der Waals surface area contributed by atoms with E-state index in [0.717, 1.165) is 16.8 Å². The predicted octanol–water partition coefficient (Wildman–Crippen LogP) is 3.91. The zero-order valence-electron chi connectivity index (χ0n) is 12.7. The summed E-state index contributed by atoms with van der Waals surface area (Å²) in [6.45, 7) is 9.31.